The van der Waals surface area contributed by atoms with E-state index in [-0.39, 0.29) is 24.0 Å². The average molecular weight is 567 g/mol. The van der Waals surface area contributed by atoms with E-state index in [1.165, 1.54) is 5.56 Å². The highest BCUT2D eigenvalue weighted by atomic mass is 16.4. The van der Waals surface area contributed by atoms with E-state index < -0.39 is 11.4 Å². The van der Waals surface area contributed by atoms with Crippen molar-refractivity contribution in [3.05, 3.63) is 68.3 Å². The molecule has 0 amide bonds. The standard InChI is InChI=1S/C34H38N4O4/c1-7-19-17(4)29-23(15-39)30-18(5)21(11-12-28(40)41)32(38-30)22-10-9-20-16(3)24(36-31(20)22)13-26-33(42)34(6,8-2)27(35-26)14-25(19)37-29/h13-15,18,21,36-37H,7-12H2,1-6H3,(H,40,41)/t18-,21-,34?/m0/s1. The number of rotatable bonds is 6. The summed E-state index contributed by atoms with van der Waals surface area (Å²) in [5.41, 5.74) is 11.3. The Morgan fingerprint density at radius 3 is 2.43 bits per heavy atom. The van der Waals surface area contributed by atoms with Crippen LogP contribution < -0.4 is 0 Å². The number of carboxylic acids is 1. The third-order valence-corrected chi connectivity index (χ3v) is 10.2. The highest BCUT2D eigenvalue weighted by Gasteiger charge is 2.41. The monoisotopic (exact) mass is 566 g/mol. The van der Waals surface area contributed by atoms with E-state index in [0.717, 1.165) is 75.6 Å². The maximum atomic E-state index is 13.8. The molecule has 6 rings (SSSR count). The number of carbonyl (C=O) groups is 3. The van der Waals surface area contributed by atoms with Crippen molar-refractivity contribution < 1.29 is 19.5 Å². The number of nitrogens with one attached hydrogen (secondary N) is 2. The van der Waals surface area contributed by atoms with Crippen molar-refractivity contribution in [1.29, 1.82) is 0 Å². The van der Waals surface area contributed by atoms with Crippen molar-refractivity contribution in [3.8, 4) is 0 Å². The first-order valence-electron chi connectivity index (χ1n) is 15.0. The molecule has 8 bridgehead atoms. The summed E-state index contributed by atoms with van der Waals surface area (Å²) in [6.45, 7) is 12.2. The number of Topliss-reactive ketones (excluding diaryl/α,β-unsaturated/α-hetero) is 1. The number of carboxylic acid groups (broad SMARTS) is 1. The van der Waals surface area contributed by atoms with Crippen molar-refractivity contribution in [2.75, 3.05) is 0 Å². The Bertz CT molecular complexity index is 1850. The fraction of sp³-hybridized carbons (Fsp3) is 0.441. The summed E-state index contributed by atoms with van der Waals surface area (Å²) in [7, 11) is 0. The lowest BCUT2D eigenvalue weighted by Gasteiger charge is -2.19. The van der Waals surface area contributed by atoms with E-state index in [1.807, 2.05) is 32.9 Å². The van der Waals surface area contributed by atoms with Crippen LogP contribution in [0.2, 0.25) is 0 Å². The number of aromatic nitrogens is 4. The molecule has 2 aliphatic heterocycles. The zero-order valence-electron chi connectivity index (χ0n) is 25.2. The molecule has 0 saturated heterocycles. The van der Waals surface area contributed by atoms with Crippen LogP contribution in [0.15, 0.2) is 12.1 Å². The van der Waals surface area contributed by atoms with E-state index in [0.29, 0.717) is 35.5 Å². The summed E-state index contributed by atoms with van der Waals surface area (Å²) in [5.74, 6) is -1.11. The van der Waals surface area contributed by atoms with Crippen LogP contribution in [0.3, 0.4) is 0 Å². The smallest absolute Gasteiger partial charge is 0.303 e. The highest BCUT2D eigenvalue weighted by molar-refractivity contribution is 6.05. The fourth-order valence-corrected chi connectivity index (χ4v) is 7.36. The summed E-state index contributed by atoms with van der Waals surface area (Å²) >= 11 is 0. The van der Waals surface area contributed by atoms with Gasteiger partial charge in [0.1, 0.15) is 5.69 Å². The number of aldehydes is 1. The fourth-order valence-electron chi connectivity index (χ4n) is 7.36. The Hall–Kier alpha value is -4.07. The molecule has 3 aliphatic rings. The van der Waals surface area contributed by atoms with Crippen LogP contribution in [0.1, 0.15) is 125 Å². The first kappa shape index (κ1) is 28.1. The van der Waals surface area contributed by atoms with Gasteiger partial charge >= 0.3 is 5.97 Å². The van der Waals surface area contributed by atoms with Gasteiger partial charge in [-0.15, -0.1) is 0 Å². The Morgan fingerprint density at radius 1 is 1.05 bits per heavy atom. The summed E-state index contributed by atoms with van der Waals surface area (Å²) < 4.78 is 0. The van der Waals surface area contributed by atoms with Crippen LogP contribution in [0.4, 0.5) is 0 Å². The number of hydrogen-bond acceptors (Lipinski definition) is 5. The van der Waals surface area contributed by atoms with Crippen molar-refractivity contribution >= 4 is 40.1 Å². The topological polar surface area (TPSA) is 129 Å². The third-order valence-electron chi connectivity index (χ3n) is 10.2. The average Bonchev–Trinajstić information content (AvgIpc) is 3.72. The molecule has 0 saturated carbocycles. The van der Waals surface area contributed by atoms with Crippen molar-refractivity contribution in [2.24, 2.45) is 0 Å². The number of nitrogens with zero attached hydrogens (tertiary/aromatic N) is 2. The van der Waals surface area contributed by atoms with Gasteiger partial charge in [0.15, 0.2) is 12.1 Å². The molecule has 42 heavy (non-hydrogen) atoms. The van der Waals surface area contributed by atoms with Gasteiger partial charge in [-0.1, -0.05) is 20.8 Å². The molecule has 0 spiro atoms. The van der Waals surface area contributed by atoms with Gasteiger partial charge in [0.25, 0.3) is 0 Å². The van der Waals surface area contributed by atoms with E-state index in [2.05, 4.69) is 30.7 Å². The number of fused-ring (bicyclic) bond motifs is 8. The molecule has 8 nitrogen and oxygen atoms in total. The summed E-state index contributed by atoms with van der Waals surface area (Å²) in [6.07, 6.45) is 4.30. The first-order valence-corrected chi connectivity index (χ1v) is 15.0. The van der Waals surface area contributed by atoms with Crippen LogP contribution in [-0.2, 0) is 29.5 Å². The van der Waals surface area contributed by atoms with Crippen LogP contribution in [-0.4, -0.2) is 43.1 Å². The molecule has 8 heteroatoms. The Labute approximate surface area is 245 Å². The lowest BCUT2D eigenvalue weighted by atomic mass is 9.80. The quantitative estimate of drug-likeness (QED) is 0.285. The summed E-state index contributed by atoms with van der Waals surface area (Å²) in [6, 6.07) is 3.86. The first-order chi connectivity index (χ1) is 20.0. The normalized spacial score (nSPS) is 21.2. The number of carbonyl (C=O) groups excluding carboxylic acids is 2. The lowest BCUT2D eigenvalue weighted by molar-refractivity contribution is -0.137. The van der Waals surface area contributed by atoms with Crippen LogP contribution in [0.25, 0.3) is 22.1 Å². The molecule has 3 atom stereocenters. The third kappa shape index (κ3) is 3.98. The van der Waals surface area contributed by atoms with Crippen LogP contribution in [0.5, 0.6) is 0 Å². The molecule has 1 aliphatic carbocycles. The summed E-state index contributed by atoms with van der Waals surface area (Å²) in [4.78, 5) is 55.5. The second kappa shape index (κ2) is 10.0. The molecule has 3 N–H and O–H groups in total. The van der Waals surface area contributed by atoms with E-state index in [4.69, 9.17) is 9.97 Å². The lowest BCUT2D eigenvalue weighted by Crippen LogP contribution is -2.27. The number of hydrogen-bond donors (Lipinski definition) is 3. The predicted molar refractivity (Wildman–Crippen MR) is 163 cm³/mol. The zero-order valence-corrected chi connectivity index (χ0v) is 25.2. The van der Waals surface area contributed by atoms with E-state index in [9.17, 15) is 19.5 Å². The molecule has 3 aromatic rings. The number of ketones is 1. The van der Waals surface area contributed by atoms with Gasteiger partial charge in [-0.25, -0.2) is 4.98 Å². The molecule has 5 heterocycles. The molecular formula is C34H38N4O4. The zero-order chi connectivity index (χ0) is 30.1. The van der Waals surface area contributed by atoms with Gasteiger partial charge in [0.05, 0.1) is 27.9 Å². The largest absolute Gasteiger partial charge is 0.481 e. The highest BCUT2D eigenvalue weighted by Crippen LogP contribution is 2.45. The minimum Gasteiger partial charge on any atom is -0.481 e. The Balaban J connectivity index is 1.81. The Kier molecular flexibility index (Phi) is 6.71. The SMILES string of the molecule is CCc1c(C)c2[nH]c1cc1nc(cc3[nH]c4c(c5nc(c2C=O)[C@@H](C)[C@@H]5CCC(=O)O)CCc4c3C)C(=O)C1(C)CC. The molecular weight excluding hydrogens is 528 g/mol. The molecule has 0 radical (unpaired) electrons. The van der Waals surface area contributed by atoms with E-state index >= 15 is 0 Å². The van der Waals surface area contributed by atoms with Crippen molar-refractivity contribution in [2.45, 2.75) is 97.3 Å². The Morgan fingerprint density at radius 2 is 1.76 bits per heavy atom. The van der Waals surface area contributed by atoms with Gasteiger partial charge < -0.3 is 15.1 Å². The second-order valence-electron chi connectivity index (χ2n) is 12.3. The van der Waals surface area contributed by atoms with Gasteiger partial charge in [-0.2, -0.15) is 0 Å². The number of aryl methyl sites for hydroxylation is 5. The molecule has 0 fully saturated rings. The predicted octanol–water partition coefficient (Wildman–Crippen LogP) is 6.71. The molecule has 1 unspecified atom stereocenters. The summed E-state index contributed by atoms with van der Waals surface area (Å²) in [5, 5.41) is 9.55. The van der Waals surface area contributed by atoms with Gasteiger partial charge in [-0.05, 0) is 92.8 Å². The number of aliphatic carboxylic acids is 1. The maximum absolute atomic E-state index is 13.8. The van der Waals surface area contributed by atoms with Crippen molar-refractivity contribution in [3.63, 3.8) is 0 Å². The van der Waals surface area contributed by atoms with Crippen LogP contribution in [0, 0.1) is 13.8 Å². The van der Waals surface area contributed by atoms with Gasteiger partial charge in [0.2, 0.25) is 0 Å². The van der Waals surface area contributed by atoms with E-state index in [1.54, 1.807) is 0 Å². The molecule has 0 aromatic carbocycles. The molecule has 218 valence electrons. The van der Waals surface area contributed by atoms with Gasteiger partial charge in [0, 0.05) is 40.5 Å². The molecule has 3 aromatic heterocycles. The maximum Gasteiger partial charge on any atom is 0.303 e. The number of aromatic amines is 2. The number of H-pyrrole nitrogens is 2. The van der Waals surface area contributed by atoms with Crippen LogP contribution >= 0.6 is 0 Å². The second-order valence-corrected chi connectivity index (χ2v) is 12.3. The van der Waals surface area contributed by atoms with Gasteiger partial charge in [-0.3, -0.25) is 19.4 Å². The minimum absolute atomic E-state index is 0.00201. The van der Waals surface area contributed by atoms with Crippen molar-refractivity contribution in [1.82, 2.24) is 19.9 Å². The minimum atomic E-state index is -0.845.